The number of pyridine rings is 1. The molecular weight excluding hydrogens is 489 g/mol. The van der Waals surface area contributed by atoms with Gasteiger partial charge in [-0.05, 0) is 80.1 Å². The van der Waals surface area contributed by atoms with E-state index in [2.05, 4.69) is 25.7 Å². The third kappa shape index (κ3) is 6.17. The fourth-order valence-corrected chi connectivity index (χ4v) is 3.87. The Morgan fingerprint density at radius 2 is 1.74 bits per heavy atom. The summed E-state index contributed by atoms with van der Waals surface area (Å²) in [6.45, 7) is 5.26. The van der Waals surface area contributed by atoms with E-state index in [1.165, 1.54) is 36.3 Å². The zero-order chi connectivity index (χ0) is 27.3. The molecule has 0 spiro atoms. The molecule has 1 atom stereocenters. The van der Waals surface area contributed by atoms with Crippen LogP contribution in [0.25, 0.3) is 11.4 Å². The van der Waals surface area contributed by atoms with E-state index in [0.717, 1.165) is 4.80 Å². The highest BCUT2D eigenvalue weighted by molar-refractivity contribution is 6.02. The average Bonchev–Trinajstić information content (AvgIpc) is 3.35. The van der Waals surface area contributed by atoms with Crippen molar-refractivity contribution in [3.8, 4) is 17.1 Å². The zero-order valence-electron chi connectivity index (χ0n) is 21.5. The number of hydrogen-bond donors (Lipinski definition) is 1. The summed E-state index contributed by atoms with van der Waals surface area (Å²) in [4.78, 5) is 34.2. The predicted octanol–water partition coefficient (Wildman–Crippen LogP) is 3.57. The minimum absolute atomic E-state index is 0.234. The number of carbonyl (C=O) groups is 2. The maximum atomic E-state index is 14.0. The third-order valence-electron chi connectivity index (χ3n) is 5.47. The van der Waals surface area contributed by atoms with Crippen molar-refractivity contribution in [3.63, 3.8) is 0 Å². The molecule has 0 aliphatic rings. The second-order valence-corrected chi connectivity index (χ2v) is 9.51. The van der Waals surface area contributed by atoms with Gasteiger partial charge in [-0.15, -0.1) is 10.2 Å². The molecule has 1 unspecified atom stereocenters. The van der Waals surface area contributed by atoms with Crippen molar-refractivity contribution in [1.29, 1.82) is 0 Å². The Morgan fingerprint density at radius 1 is 1.05 bits per heavy atom. The molecule has 0 saturated carbocycles. The van der Waals surface area contributed by atoms with Crippen molar-refractivity contribution in [2.24, 2.45) is 0 Å². The first-order chi connectivity index (χ1) is 18.2. The molecule has 4 aromatic rings. The van der Waals surface area contributed by atoms with Crippen LogP contribution in [0.15, 0.2) is 73.1 Å². The molecule has 2 heterocycles. The van der Waals surface area contributed by atoms with E-state index in [1.807, 2.05) is 20.8 Å². The van der Waals surface area contributed by atoms with Crippen LogP contribution in [0.2, 0.25) is 0 Å². The fourth-order valence-electron chi connectivity index (χ4n) is 3.87. The molecule has 0 bridgehead atoms. The number of benzene rings is 2. The van der Waals surface area contributed by atoms with Crippen molar-refractivity contribution in [3.05, 3.63) is 84.4 Å². The monoisotopic (exact) mass is 517 g/mol. The lowest BCUT2D eigenvalue weighted by Crippen LogP contribution is -2.50. The van der Waals surface area contributed by atoms with Gasteiger partial charge < -0.3 is 10.1 Å². The van der Waals surface area contributed by atoms with Gasteiger partial charge in [-0.2, -0.15) is 4.80 Å². The first-order valence-electron chi connectivity index (χ1n) is 11.9. The third-order valence-corrected chi connectivity index (χ3v) is 5.47. The second-order valence-electron chi connectivity index (χ2n) is 9.51. The number of methoxy groups -OCH3 is 1. The molecule has 11 heteroatoms. The van der Waals surface area contributed by atoms with Gasteiger partial charge in [0.15, 0.2) is 0 Å². The summed E-state index contributed by atoms with van der Waals surface area (Å²) >= 11 is 0. The summed E-state index contributed by atoms with van der Waals surface area (Å²) in [5, 5.41) is 15.3. The molecule has 196 valence electrons. The molecule has 2 aromatic heterocycles. The second kappa shape index (κ2) is 11.2. The van der Waals surface area contributed by atoms with Crippen LogP contribution in [0.4, 0.5) is 10.1 Å². The van der Waals surface area contributed by atoms with Crippen molar-refractivity contribution in [2.45, 2.75) is 38.9 Å². The molecule has 10 nitrogen and oxygen atoms in total. The Bertz CT molecular complexity index is 1400. The SMILES string of the molecule is COc1ccccc1N(C(=O)Cn1nnc(-c2ccc(F)cc2)n1)C(C(=O)NC(C)(C)C)c1ccncc1. The van der Waals surface area contributed by atoms with Gasteiger partial charge in [0.05, 0.1) is 12.8 Å². The summed E-state index contributed by atoms with van der Waals surface area (Å²) in [6, 6.07) is 14.9. The van der Waals surface area contributed by atoms with E-state index < -0.39 is 17.5 Å². The van der Waals surface area contributed by atoms with E-state index in [9.17, 15) is 14.0 Å². The predicted molar refractivity (Wildman–Crippen MR) is 139 cm³/mol. The lowest BCUT2D eigenvalue weighted by atomic mass is 10.0. The average molecular weight is 518 g/mol. The van der Waals surface area contributed by atoms with E-state index in [-0.39, 0.29) is 24.1 Å². The molecule has 4 rings (SSSR count). The Balaban J connectivity index is 1.76. The highest BCUT2D eigenvalue weighted by atomic mass is 19.1. The number of hydrogen-bond acceptors (Lipinski definition) is 7. The number of rotatable bonds is 8. The number of nitrogens with zero attached hydrogens (tertiary/aromatic N) is 6. The number of carbonyl (C=O) groups excluding carboxylic acids is 2. The normalized spacial score (nSPS) is 12.0. The van der Waals surface area contributed by atoms with Crippen molar-refractivity contribution in [2.75, 3.05) is 12.0 Å². The summed E-state index contributed by atoms with van der Waals surface area (Å²) in [5.74, 6) is -0.621. The van der Waals surface area contributed by atoms with E-state index in [0.29, 0.717) is 22.6 Å². The number of nitrogens with one attached hydrogen (secondary N) is 1. The topological polar surface area (TPSA) is 115 Å². The van der Waals surface area contributed by atoms with E-state index >= 15 is 0 Å². The van der Waals surface area contributed by atoms with Gasteiger partial charge in [-0.1, -0.05) is 12.1 Å². The number of aromatic nitrogens is 5. The Hall–Kier alpha value is -4.67. The molecule has 2 amide bonds. The molecule has 1 N–H and O–H groups in total. The van der Waals surface area contributed by atoms with Crippen LogP contribution in [0.3, 0.4) is 0 Å². The van der Waals surface area contributed by atoms with Gasteiger partial charge in [0, 0.05) is 23.5 Å². The number of tetrazole rings is 1. The molecule has 0 aliphatic carbocycles. The Kier molecular flexibility index (Phi) is 7.75. The fraction of sp³-hybridized carbons (Fsp3) is 0.259. The summed E-state index contributed by atoms with van der Waals surface area (Å²) < 4.78 is 18.9. The van der Waals surface area contributed by atoms with Crippen LogP contribution >= 0.6 is 0 Å². The highest BCUT2D eigenvalue weighted by Gasteiger charge is 2.36. The maximum Gasteiger partial charge on any atom is 0.251 e. The Morgan fingerprint density at radius 3 is 2.39 bits per heavy atom. The number of anilines is 1. The first-order valence-corrected chi connectivity index (χ1v) is 11.9. The standard InChI is InChI=1S/C27H28FN7O3/c1-27(2,3)30-26(37)24(18-13-15-29-16-14-18)35(21-7-5-6-8-22(21)38-4)23(36)17-34-32-25(31-33-34)19-9-11-20(28)12-10-19/h5-16,24H,17H2,1-4H3,(H,30,37). The quantitative estimate of drug-likeness (QED) is 0.380. The minimum atomic E-state index is -1.05. The summed E-state index contributed by atoms with van der Waals surface area (Å²) in [6.07, 6.45) is 3.12. The largest absolute Gasteiger partial charge is 0.495 e. The van der Waals surface area contributed by atoms with Crippen LogP contribution < -0.4 is 15.0 Å². The lowest BCUT2D eigenvalue weighted by Gasteiger charge is -2.34. The molecule has 0 saturated heterocycles. The summed E-state index contributed by atoms with van der Waals surface area (Å²) in [5.41, 5.74) is 0.935. The van der Waals surface area contributed by atoms with E-state index in [1.54, 1.807) is 48.8 Å². The van der Waals surface area contributed by atoms with Gasteiger partial charge in [0.2, 0.25) is 11.7 Å². The highest BCUT2D eigenvalue weighted by Crippen LogP contribution is 2.35. The van der Waals surface area contributed by atoms with Crippen LogP contribution in [0.5, 0.6) is 5.75 Å². The minimum Gasteiger partial charge on any atom is -0.495 e. The lowest BCUT2D eigenvalue weighted by molar-refractivity contribution is -0.128. The van der Waals surface area contributed by atoms with Crippen molar-refractivity contribution < 1.29 is 18.7 Å². The number of ether oxygens (including phenoxy) is 1. The summed E-state index contributed by atoms with van der Waals surface area (Å²) in [7, 11) is 1.49. The molecule has 38 heavy (non-hydrogen) atoms. The van der Waals surface area contributed by atoms with Crippen molar-refractivity contribution in [1.82, 2.24) is 30.5 Å². The molecule has 0 radical (unpaired) electrons. The van der Waals surface area contributed by atoms with Gasteiger partial charge >= 0.3 is 0 Å². The van der Waals surface area contributed by atoms with Gasteiger partial charge in [-0.25, -0.2) is 4.39 Å². The zero-order valence-corrected chi connectivity index (χ0v) is 21.5. The smallest absolute Gasteiger partial charge is 0.251 e. The number of amides is 2. The van der Waals surface area contributed by atoms with Crippen LogP contribution in [-0.4, -0.2) is 49.7 Å². The van der Waals surface area contributed by atoms with Crippen LogP contribution in [-0.2, 0) is 16.1 Å². The van der Waals surface area contributed by atoms with Gasteiger partial charge in [0.25, 0.3) is 5.91 Å². The number of para-hydroxylation sites is 2. The molecular formula is C27H28FN7O3. The molecule has 2 aromatic carbocycles. The van der Waals surface area contributed by atoms with E-state index in [4.69, 9.17) is 4.74 Å². The van der Waals surface area contributed by atoms with Crippen molar-refractivity contribution >= 4 is 17.5 Å². The van der Waals surface area contributed by atoms with Gasteiger partial charge in [0.1, 0.15) is 24.2 Å². The molecule has 0 aliphatic heterocycles. The van der Waals surface area contributed by atoms with Crippen LogP contribution in [0, 0.1) is 5.82 Å². The number of halogens is 1. The first kappa shape index (κ1) is 26.4. The Labute approximate surface area is 219 Å². The van der Waals surface area contributed by atoms with Gasteiger partial charge in [-0.3, -0.25) is 19.5 Å². The maximum absolute atomic E-state index is 14.0. The molecule has 0 fully saturated rings. The van der Waals surface area contributed by atoms with Crippen LogP contribution in [0.1, 0.15) is 32.4 Å².